The first-order valence-electron chi connectivity index (χ1n) is 10.4. The lowest BCUT2D eigenvalue weighted by molar-refractivity contribution is 0.293. The van der Waals surface area contributed by atoms with E-state index in [1.807, 2.05) is 34.9 Å². The van der Waals surface area contributed by atoms with Crippen molar-refractivity contribution >= 4 is 22.9 Å². The van der Waals surface area contributed by atoms with Gasteiger partial charge >= 0.3 is 0 Å². The highest BCUT2D eigenvalue weighted by atomic mass is 16.5. The van der Waals surface area contributed by atoms with Crippen molar-refractivity contribution in [1.82, 2.24) is 9.55 Å². The van der Waals surface area contributed by atoms with Gasteiger partial charge < -0.3 is 24.7 Å². The van der Waals surface area contributed by atoms with Gasteiger partial charge in [-0.2, -0.15) is 0 Å². The third kappa shape index (κ3) is 3.45. The van der Waals surface area contributed by atoms with Gasteiger partial charge in [0.2, 0.25) is 5.95 Å². The lowest BCUT2D eigenvalue weighted by atomic mass is 10.1. The van der Waals surface area contributed by atoms with Crippen molar-refractivity contribution in [2.45, 2.75) is 25.9 Å². The van der Waals surface area contributed by atoms with E-state index in [4.69, 9.17) is 29.7 Å². The van der Waals surface area contributed by atoms with Crippen LogP contribution in [0.15, 0.2) is 35.3 Å². The van der Waals surface area contributed by atoms with Crippen molar-refractivity contribution in [3.63, 3.8) is 0 Å². The highest BCUT2D eigenvalue weighted by Crippen LogP contribution is 2.40. The number of fused-ring (bicyclic) bond motifs is 4. The van der Waals surface area contributed by atoms with E-state index in [-0.39, 0.29) is 0 Å². The zero-order valence-electron chi connectivity index (χ0n) is 17.6. The van der Waals surface area contributed by atoms with Crippen LogP contribution in [0.5, 0.6) is 23.0 Å². The van der Waals surface area contributed by atoms with E-state index in [1.54, 1.807) is 7.11 Å². The Balaban J connectivity index is 1.63. The van der Waals surface area contributed by atoms with Crippen LogP contribution in [0.3, 0.4) is 0 Å². The summed E-state index contributed by atoms with van der Waals surface area (Å²) < 4.78 is 25.1. The van der Waals surface area contributed by atoms with Crippen molar-refractivity contribution in [3.05, 3.63) is 35.9 Å². The maximum Gasteiger partial charge on any atom is 0.212 e. The lowest BCUT2D eigenvalue weighted by Crippen LogP contribution is -2.31. The van der Waals surface area contributed by atoms with Gasteiger partial charge in [0.15, 0.2) is 35.1 Å². The minimum Gasteiger partial charge on any atom is -0.493 e. The molecule has 0 unspecified atom stereocenters. The Morgan fingerprint density at radius 2 is 1.97 bits per heavy atom. The number of rotatable bonds is 5. The summed E-state index contributed by atoms with van der Waals surface area (Å²) in [6.45, 7) is 3.89. The molecule has 31 heavy (non-hydrogen) atoms. The predicted molar refractivity (Wildman–Crippen MR) is 118 cm³/mol. The number of aromatic nitrogens is 2. The van der Waals surface area contributed by atoms with E-state index in [0.717, 1.165) is 29.4 Å². The summed E-state index contributed by atoms with van der Waals surface area (Å²) in [5.41, 5.74) is 8.65. The second-order valence-corrected chi connectivity index (χ2v) is 7.42. The Labute approximate surface area is 179 Å². The average Bonchev–Trinajstić information content (AvgIpc) is 2.96. The van der Waals surface area contributed by atoms with Crippen LogP contribution in [-0.4, -0.2) is 42.4 Å². The molecule has 2 aliphatic rings. The topological polar surface area (TPSA) is 105 Å². The number of hydrogen-bond donors (Lipinski definition) is 2. The monoisotopic (exact) mass is 423 g/mol. The maximum absolute atomic E-state index is 6.10. The number of benzene rings is 2. The number of nitrogens with zero attached hydrogens (tertiary/aromatic N) is 3. The van der Waals surface area contributed by atoms with Crippen molar-refractivity contribution in [2.75, 3.05) is 32.2 Å². The number of hydrogen-bond acceptors (Lipinski definition) is 8. The first-order valence-corrected chi connectivity index (χ1v) is 10.4. The van der Waals surface area contributed by atoms with Gasteiger partial charge in [0.1, 0.15) is 0 Å². The lowest BCUT2D eigenvalue weighted by Gasteiger charge is -2.24. The third-order valence-electron chi connectivity index (χ3n) is 5.25. The fraction of sp³-hybridized carbons (Fsp3) is 0.364. The van der Waals surface area contributed by atoms with Crippen molar-refractivity contribution < 1.29 is 18.9 Å². The van der Waals surface area contributed by atoms with Crippen LogP contribution in [0.25, 0.3) is 11.0 Å². The average molecular weight is 423 g/mol. The Kier molecular flexibility index (Phi) is 4.93. The van der Waals surface area contributed by atoms with E-state index in [0.29, 0.717) is 54.7 Å². The summed E-state index contributed by atoms with van der Waals surface area (Å²) in [4.78, 5) is 9.38. The van der Waals surface area contributed by atoms with Gasteiger partial charge in [0, 0.05) is 24.1 Å². The molecule has 0 fully saturated rings. The van der Waals surface area contributed by atoms with E-state index in [2.05, 4.69) is 17.2 Å². The summed E-state index contributed by atoms with van der Waals surface area (Å²) in [5, 5.41) is 3.07. The Hall–Kier alpha value is -3.62. The maximum atomic E-state index is 6.10. The van der Waals surface area contributed by atoms with Gasteiger partial charge in [-0.3, -0.25) is 9.88 Å². The minimum absolute atomic E-state index is 0.300. The molecule has 0 saturated carbocycles. The summed E-state index contributed by atoms with van der Waals surface area (Å²) in [6.07, 6.45) is 1.32. The van der Waals surface area contributed by atoms with Crippen LogP contribution in [0.2, 0.25) is 0 Å². The summed E-state index contributed by atoms with van der Waals surface area (Å²) >= 11 is 0. The van der Waals surface area contributed by atoms with Crippen LogP contribution in [0.4, 0.5) is 5.95 Å². The molecule has 5 rings (SSSR count). The molecule has 0 aliphatic carbocycles. The van der Waals surface area contributed by atoms with E-state index in [1.165, 1.54) is 0 Å². The first-order chi connectivity index (χ1) is 15.2. The number of ether oxygens (including phenoxy) is 4. The zero-order valence-corrected chi connectivity index (χ0v) is 17.6. The Bertz CT molecular complexity index is 1160. The van der Waals surface area contributed by atoms with E-state index < -0.39 is 6.17 Å². The SMILES string of the molecule is CCCOc1cc([C@H]2N=C(N)Nc3nc4cc5c(cc4n32)OCCCO5)ccc1OC. The molecule has 1 atom stereocenters. The highest BCUT2D eigenvalue weighted by Gasteiger charge is 2.27. The minimum atomic E-state index is -0.416. The van der Waals surface area contributed by atoms with Crippen LogP contribution >= 0.6 is 0 Å². The molecule has 9 heteroatoms. The first kappa shape index (κ1) is 19.3. The van der Waals surface area contributed by atoms with E-state index in [9.17, 15) is 0 Å². The largest absolute Gasteiger partial charge is 0.493 e. The molecule has 9 nitrogen and oxygen atoms in total. The second-order valence-electron chi connectivity index (χ2n) is 7.42. The molecule has 162 valence electrons. The number of anilines is 1. The molecule has 2 aliphatic heterocycles. The summed E-state index contributed by atoms with van der Waals surface area (Å²) in [7, 11) is 1.63. The molecule has 2 aromatic carbocycles. The number of aliphatic imine (C=N–C) groups is 1. The third-order valence-corrected chi connectivity index (χ3v) is 5.25. The molecular formula is C22H25N5O4. The fourth-order valence-electron chi connectivity index (χ4n) is 3.83. The standard InChI is InChI=1S/C22H25N5O4/c1-3-7-29-17-10-13(5-6-16(17)28-2)20-25-21(23)26-22-24-14-11-18-19(12-15(14)27(20)22)31-9-4-8-30-18/h5-6,10-12,20H,3-4,7-9H2,1-2H3,(H3,23,24,25,26)/t20-/m0/s1. The molecule has 0 bridgehead atoms. The number of nitrogens with one attached hydrogen (secondary N) is 1. The predicted octanol–water partition coefficient (Wildman–Crippen LogP) is 3.28. The molecule has 3 N–H and O–H groups in total. The normalized spacial score (nSPS) is 17.4. The number of nitrogens with two attached hydrogens (primary N) is 1. The molecule has 0 amide bonds. The molecule has 3 heterocycles. The van der Waals surface area contributed by atoms with Crippen LogP contribution < -0.4 is 30.0 Å². The quantitative estimate of drug-likeness (QED) is 0.649. The Morgan fingerprint density at radius 1 is 1.16 bits per heavy atom. The smallest absolute Gasteiger partial charge is 0.212 e. The summed E-state index contributed by atoms with van der Waals surface area (Å²) in [5.74, 6) is 3.66. The fourth-order valence-corrected chi connectivity index (χ4v) is 3.83. The van der Waals surface area contributed by atoms with Gasteiger partial charge in [0.05, 0.1) is 38.0 Å². The van der Waals surface area contributed by atoms with Gasteiger partial charge in [-0.25, -0.2) is 9.98 Å². The highest BCUT2D eigenvalue weighted by molar-refractivity contribution is 5.95. The van der Waals surface area contributed by atoms with Gasteiger partial charge in [-0.05, 0) is 18.6 Å². The van der Waals surface area contributed by atoms with Gasteiger partial charge in [0.25, 0.3) is 0 Å². The van der Waals surface area contributed by atoms with Gasteiger partial charge in [-0.15, -0.1) is 0 Å². The van der Waals surface area contributed by atoms with Crippen molar-refractivity contribution in [1.29, 1.82) is 0 Å². The number of guanidine groups is 1. The molecule has 3 aromatic rings. The summed E-state index contributed by atoms with van der Waals surface area (Å²) in [6, 6.07) is 9.65. The molecular weight excluding hydrogens is 398 g/mol. The van der Waals surface area contributed by atoms with Crippen LogP contribution in [-0.2, 0) is 0 Å². The number of methoxy groups -OCH3 is 1. The molecule has 0 spiro atoms. The van der Waals surface area contributed by atoms with Crippen LogP contribution in [0.1, 0.15) is 31.5 Å². The second kappa shape index (κ2) is 7.90. The molecule has 0 saturated heterocycles. The van der Waals surface area contributed by atoms with E-state index >= 15 is 0 Å². The van der Waals surface area contributed by atoms with Gasteiger partial charge in [-0.1, -0.05) is 13.0 Å². The number of imidazole rings is 1. The Morgan fingerprint density at radius 3 is 2.74 bits per heavy atom. The van der Waals surface area contributed by atoms with Crippen molar-refractivity contribution in [2.24, 2.45) is 10.7 Å². The van der Waals surface area contributed by atoms with Crippen LogP contribution in [0, 0.1) is 0 Å². The van der Waals surface area contributed by atoms with Crippen molar-refractivity contribution in [3.8, 4) is 23.0 Å². The zero-order chi connectivity index (χ0) is 21.4. The molecule has 1 aromatic heterocycles. The molecule has 0 radical (unpaired) electrons.